The van der Waals surface area contributed by atoms with Crippen molar-refractivity contribution >= 4 is 23.2 Å². The molecule has 8 heteroatoms. The maximum absolute atomic E-state index is 12.3. The van der Waals surface area contributed by atoms with E-state index in [-0.39, 0.29) is 29.5 Å². The summed E-state index contributed by atoms with van der Waals surface area (Å²) in [6.07, 6.45) is 1.54. The van der Waals surface area contributed by atoms with Crippen LogP contribution in [-0.2, 0) is 9.59 Å². The second-order valence-corrected chi connectivity index (χ2v) is 6.37. The molecular formula is C17H24N4O4. The molecule has 0 radical (unpaired) electrons. The van der Waals surface area contributed by atoms with Crippen LogP contribution in [0.3, 0.4) is 0 Å². The highest BCUT2D eigenvalue weighted by molar-refractivity contribution is 5.88. The van der Waals surface area contributed by atoms with Gasteiger partial charge < -0.3 is 15.5 Å². The van der Waals surface area contributed by atoms with Gasteiger partial charge in [0.1, 0.15) is 6.04 Å². The molecule has 0 spiro atoms. The smallest absolute Gasteiger partial charge is 0.269 e. The Bertz CT molecular complexity index is 630. The fourth-order valence-corrected chi connectivity index (χ4v) is 2.85. The third-order valence-corrected chi connectivity index (χ3v) is 4.16. The number of amides is 2. The molecule has 25 heavy (non-hydrogen) atoms. The second kappa shape index (κ2) is 8.46. The highest BCUT2D eigenvalue weighted by Gasteiger charge is 2.34. The number of likely N-dealkylation sites (tertiary alicyclic amines) is 1. The fourth-order valence-electron chi connectivity index (χ4n) is 2.85. The molecule has 1 aromatic carbocycles. The number of anilines is 1. The lowest BCUT2D eigenvalue weighted by Crippen LogP contribution is -2.48. The minimum atomic E-state index is -0.449. The number of carbonyl (C=O) groups is 2. The Morgan fingerprint density at radius 2 is 1.96 bits per heavy atom. The van der Waals surface area contributed by atoms with E-state index in [0.29, 0.717) is 26.1 Å². The Morgan fingerprint density at radius 3 is 2.56 bits per heavy atom. The number of rotatable bonds is 7. The second-order valence-electron chi connectivity index (χ2n) is 6.37. The van der Waals surface area contributed by atoms with Crippen molar-refractivity contribution in [2.24, 2.45) is 5.92 Å². The molecule has 1 fully saturated rings. The molecular weight excluding hydrogens is 324 g/mol. The summed E-state index contributed by atoms with van der Waals surface area (Å²) in [5.41, 5.74) is 0.785. The van der Waals surface area contributed by atoms with Gasteiger partial charge in [0.25, 0.3) is 5.69 Å². The molecule has 2 N–H and O–H groups in total. The van der Waals surface area contributed by atoms with Gasteiger partial charge in [-0.05, 0) is 25.0 Å². The van der Waals surface area contributed by atoms with E-state index in [0.717, 1.165) is 12.1 Å². The molecule has 8 nitrogen and oxygen atoms in total. The number of hydrogen-bond donors (Lipinski definition) is 2. The highest BCUT2D eigenvalue weighted by atomic mass is 16.6. The van der Waals surface area contributed by atoms with E-state index in [9.17, 15) is 19.7 Å². The molecule has 0 aromatic heterocycles. The lowest BCUT2D eigenvalue weighted by Gasteiger charge is -2.25. The molecule has 0 aliphatic carbocycles. The maximum atomic E-state index is 12.3. The summed E-state index contributed by atoms with van der Waals surface area (Å²) in [6.45, 7) is 5.22. The van der Waals surface area contributed by atoms with Crippen molar-refractivity contribution in [2.45, 2.75) is 32.7 Å². The Kier molecular flexibility index (Phi) is 6.32. The van der Waals surface area contributed by atoms with Crippen molar-refractivity contribution in [2.75, 3.05) is 25.0 Å². The first-order chi connectivity index (χ1) is 11.9. The van der Waals surface area contributed by atoms with Crippen LogP contribution in [0.1, 0.15) is 26.7 Å². The quantitative estimate of drug-likeness (QED) is 0.444. The molecule has 1 aromatic rings. The van der Waals surface area contributed by atoms with Crippen LogP contribution in [0.15, 0.2) is 24.3 Å². The molecule has 1 atom stereocenters. The number of nitro benzene ring substituents is 1. The number of nitrogens with zero attached hydrogens (tertiary/aromatic N) is 2. The van der Waals surface area contributed by atoms with Crippen molar-refractivity contribution < 1.29 is 14.5 Å². The number of carbonyl (C=O) groups excluding carboxylic acids is 2. The summed E-state index contributed by atoms with van der Waals surface area (Å²) in [5.74, 6) is -0.226. The van der Waals surface area contributed by atoms with Gasteiger partial charge in [-0.2, -0.15) is 0 Å². The van der Waals surface area contributed by atoms with Crippen LogP contribution in [0.5, 0.6) is 0 Å². The van der Waals surface area contributed by atoms with E-state index < -0.39 is 4.92 Å². The zero-order chi connectivity index (χ0) is 18.4. The largest absolute Gasteiger partial charge is 0.383 e. The van der Waals surface area contributed by atoms with Crippen molar-refractivity contribution in [3.63, 3.8) is 0 Å². The third-order valence-electron chi connectivity index (χ3n) is 4.16. The zero-order valence-electron chi connectivity index (χ0n) is 14.5. The molecule has 1 aliphatic rings. The molecule has 136 valence electrons. The number of nitrogens with one attached hydrogen (secondary N) is 2. The normalized spacial score (nSPS) is 16.8. The van der Waals surface area contributed by atoms with Crippen LogP contribution < -0.4 is 10.6 Å². The maximum Gasteiger partial charge on any atom is 0.269 e. The number of benzene rings is 1. The Labute approximate surface area is 146 Å². The molecule has 1 saturated heterocycles. The summed E-state index contributed by atoms with van der Waals surface area (Å²) >= 11 is 0. The van der Waals surface area contributed by atoms with Crippen molar-refractivity contribution in [1.29, 1.82) is 0 Å². The summed E-state index contributed by atoms with van der Waals surface area (Å²) < 4.78 is 0. The first-order valence-corrected chi connectivity index (χ1v) is 8.46. The van der Waals surface area contributed by atoms with E-state index in [1.807, 2.05) is 13.8 Å². The lowest BCUT2D eigenvalue weighted by molar-refractivity contribution is -0.384. The Hall–Kier alpha value is -2.64. The van der Waals surface area contributed by atoms with Crippen LogP contribution in [-0.4, -0.2) is 47.3 Å². The summed E-state index contributed by atoms with van der Waals surface area (Å²) in [4.78, 5) is 36.3. The van der Waals surface area contributed by atoms with Gasteiger partial charge in [-0.1, -0.05) is 13.8 Å². The van der Waals surface area contributed by atoms with Gasteiger partial charge in [-0.3, -0.25) is 19.7 Å². The number of non-ortho nitro benzene ring substituents is 1. The van der Waals surface area contributed by atoms with Gasteiger partial charge >= 0.3 is 0 Å². The van der Waals surface area contributed by atoms with E-state index in [2.05, 4.69) is 10.6 Å². The van der Waals surface area contributed by atoms with Gasteiger partial charge in [0, 0.05) is 43.4 Å². The topological polar surface area (TPSA) is 105 Å². The average Bonchev–Trinajstić information content (AvgIpc) is 3.07. The SMILES string of the molecule is CC(C)C(=O)N1CCCC1C(=O)NCCNc1ccc([N+](=O)[O-])cc1. The van der Waals surface area contributed by atoms with Gasteiger partial charge in [0.15, 0.2) is 0 Å². The first-order valence-electron chi connectivity index (χ1n) is 8.46. The molecule has 1 aliphatic heterocycles. The minimum absolute atomic E-state index is 0.0154. The molecule has 1 unspecified atom stereocenters. The summed E-state index contributed by atoms with van der Waals surface area (Å²) in [5, 5.41) is 16.5. The standard InChI is InChI=1S/C17H24N4O4/c1-12(2)17(23)20-11-3-4-15(20)16(22)19-10-9-18-13-5-7-14(8-6-13)21(24)25/h5-8,12,15,18H,3-4,9-11H2,1-2H3,(H,19,22). The fraction of sp³-hybridized carbons (Fsp3) is 0.529. The molecule has 0 saturated carbocycles. The minimum Gasteiger partial charge on any atom is -0.383 e. The average molecular weight is 348 g/mol. The van der Waals surface area contributed by atoms with Crippen LogP contribution in [0.25, 0.3) is 0 Å². The van der Waals surface area contributed by atoms with Crippen molar-refractivity contribution in [3.8, 4) is 0 Å². The molecule has 2 rings (SSSR count). The summed E-state index contributed by atoms with van der Waals surface area (Å²) in [6, 6.07) is 5.72. The third kappa shape index (κ3) is 4.91. The molecule has 1 heterocycles. The van der Waals surface area contributed by atoms with Crippen molar-refractivity contribution in [3.05, 3.63) is 34.4 Å². The Balaban J connectivity index is 1.76. The van der Waals surface area contributed by atoms with Gasteiger partial charge in [-0.15, -0.1) is 0 Å². The highest BCUT2D eigenvalue weighted by Crippen LogP contribution is 2.20. The Morgan fingerprint density at radius 1 is 1.28 bits per heavy atom. The monoisotopic (exact) mass is 348 g/mol. The van der Waals surface area contributed by atoms with Crippen molar-refractivity contribution in [1.82, 2.24) is 10.2 Å². The van der Waals surface area contributed by atoms with E-state index >= 15 is 0 Å². The molecule has 2 amide bonds. The van der Waals surface area contributed by atoms with Crippen LogP contribution in [0, 0.1) is 16.0 Å². The van der Waals surface area contributed by atoms with E-state index in [1.54, 1.807) is 17.0 Å². The molecule has 0 bridgehead atoms. The number of nitro groups is 1. The van der Waals surface area contributed by atoms with Crippen LogP contribution >= 0.6 is 0 Å². The van der Waals surface area contributed by atoms with Crippen LogP contribution in [0.4, 0.5) is 11.4 Å². The van der Waals surface area contributed by atoms with Gasteiger partial charge in [0.05, 0.1) is 4.92 Å². The van der Waals surface area contributed by atoms with E-state index in [1.165, 1.54) is 12.1 Å². The predicted octanol–water partition coefficient (Wildman–Crippen LogP) is 1.77. The first kappa shape index (κ1) is 18.7. The number of hydrogen-bond acceptors (Lipinski definition) is 5. The summed E-state index contributed by atoms with van der Waals surface area (Å²) in [7, 11) is 0. The van der Waals surface area contributed by atoms with Crippen LogP contribution in [0.2, 0.25) is 0 Å². The lowest BCUT2D eigenvalue weighted by atomic mass is 10.1. The van der Waals surface area contributed by atoms with Gasteiger partial charge in [-0.25, -0.2) is 0 Å². The van der Waals surface area contributed by atoms with E-state index in [4.69, 9.17) is 0 Å². The van der Waals surface area contributed by atoms with Gasteiger partial charge in [0.2, 0.25) is 11.8 Å². The predicted molar refractivity (Wildman–Crippen MR) is 94.2 cm³/mol. The zero-order valence-corrected chi connectivity index (χ0v) is 14.5.